The molecule has 27 heavy (non-hydrogen) atoms. The van der Waals surface area contributed by atoms with E-state index in [2.05, 4.69) is 10.3 Å². The number of nitrogens with one attached hydrogen (secondary N) is 1. The number of rotatable bonds is 4. The quantitative estimate of drug-likeness (QED) is 0.780. The van der Waals surface area contributed by atoms with E-state index >= 15 is 0 Å². The van der Waals surface area contributed by atoms with Gasteiger partial charge in [-0.05, 0) is 25.7 Å². The van der Waals surface area contributed by atoms with Gasteiger partial charge in [0.25, 0.3) is 0 Å². The molecule has 3 unspecified atom stereocenters. The summed E-state index contributed by atoms with van der Waals surface area (Å²) in [5.74, 6) is -1.58. The van der Waals surface area contributed by atoms with E-state index in [9.17, 15) is 19.2 Å². The van der Waals surface area contributed by atoms with Crippen LogP contribution in [-0.4, -0.2) is 57.5 Å². The second kappa shape index (κ2) is 7.38. The van der Waals surface area contributed by atoms with E-state index in [1.54, 1.807) is 11.6 Å². The van der Waals surface area contributed by atoms with Crippen molar-refractivity contribution in [1.82, 2.24) is 14.8 Å². The van der Waals surface area contributed by atoms with Crippen molar-refractivity contribution < 1.29 is 19.2 Å². The monoisotopic (exact) mass is 390 g/mol. The Morgan fingerprint density at radius 1 is 1.11 bits per heavy atom. The van der Waals surface area contributed by atoms with E-state index in [0.717, 1.165) is 37.0 Å². The lowest BCUT2D eigenvalue weighted by molar-refractivity contribution is -0.147. The SMILES string of the molecule is O=C(Nc1nccs1)C1CCCN1C(=O)CN1C(=O)C2CCCCC2C1=O. The van der Waals surface area contributed by atoms with Crippen LogP contribution in [0.4, 0.5) is 5.13 Å². The highest BCUT2D eigenvalue weighted by Crippen LogP contribution is 2.38. The lowest BCUT2D eigenvalue weighted by Gasteiger charge is -2.25. The number of carbonyl (C=O) groups is 4. The first-order valence-corrected chi connectivity index (χ1v) is 10.3. The number of anilines is 1. The number of imide groups is 1. The van der Waals surface area contributed by atoms with Crippen molar-refractivity contribution in [2.45, 2.75) is 44.6 Å². The number of likely N-dealkylation sites (tertiary alicyclic amines) is 2. The molecule has 9 heteroatoms. The average Bonchev–Trinajstić information content (AvgIpc) is 3.40. The highest BCUT2D eigenvalue weighted by Gasteiger charge is 2.49. The zero-order valence-electron chi connectivity index (χ0n) is 14.9. The number of nitrogens with zero attached hydrogens (tertiary/aromatic N) is 3. The van der Waals surface area contributed by atoms with Crippen LogP contribution in [0.15, 0.2) is 11.6 Å². The topological polar surface area (TPSA) is 99.7 Å². The van der Waals surface area contributed by atoms with Crippen LogP contribution in [0.2, 0.25) is 0 Å². The van der Waals surface area contributed by atoms with Crippen molar-refractivity contribution in [3.63, 3.8) is 0 Å². The van der Waals surface area contributed by atoms with Crippen LogP contribution in [0, 0.1) is 11.8 Å². The molecule has 2 aliphatic heterocycles. The molecule has 1 aromatic heterocycles. The van der Waals surface area contributed by atoms with Crippen molar-refractivity contribution >= 4 is 40.1 Å². The first kappa shape index (κ1) is 18.1. The van der Waals surface area contributed by atoms with Gasteiger partial charge in [0.2, 0.25) is 23.6 Å². The molecule has 0 bridgehead atoms. The van der Waals surface area contributed by atoms with Gasteiger partial charge in [-0.25, -0.2) is 4.98 Å². The van der Waals surface area contributed by atoms with Gasteiger partial charge < -0.3 is 10.2 Å². The Hall–Kier alpha value is -2.29. The number of fused-ring (bicyclic) bond motifs is 1. The molecule has 4 amide bonds. The van der Waals surface area contributed by atoms with Crippen molar-refractivity contribution in [3.8, 4) is 0 Å². The summed E-state index contributed by atoms with van der Waals surface area (Å²) in [7, 11) is 0. The number of amides is 4. The van der Waals surface area contributed by atoms with E-state index < -0.39 is 6.04 Å². The number of hydrogen-bond donors (Lipinski definition) is 1. The molecule has 3 aliphatic rings. The maximum Gasteiger partial charge on any atom is 0.248 e. The van der Waals surface area contributed by atoms with Crippen molar-refractivity contribution in [2.24, 2.45) is 11.8 Å². The van der Waals surface area contributed by atoms with Crippen LogP contribution in [0.25, 0.3) is 0 Å². The number of thiazole rings is 1. The van der Waals surface area contributed by atoms with Gasteiger partial charge in [0.05, 0.1) is 11.8 Å². The minimum Gasteiger partial charge on any atom is -0.329 e. The van der Waals surface area contributed by atoms with Crippen LogP contribution in [-0.2, 0) is 19.2 Å². The second-order valence-electron chi connectivity index (χ2n) is 7.33. The molecule has 0 radical (unpaired) electrons. The Morgan fingerprint density at radius 2 is 1.81 bits per heavy atom. The summed E-state index contributed by atoms with van der Waals surface area (Å²) in [6.45, 7) is 0.198. The zero-order valence-corrected chi connectivity index (χ0v) is 15.7. The molecule has 1 aliphatic carbocycles. The summed E-state index contributed by atoms with van der Waals surface area (Å²) in [5, 5.41) is 4.98. The lowest BCUT2D eigenvalue weighted by atomic mass is 9.81. The molecule has 0 aromatic carbocycles. The van der Waals surface area contributed by atoms with Gasteiger partial charge in [0, 0.05) is 18.1 Å². The Kier molecular flexibility index (Phi) is 4.94. The van der Waals surface area contributed by atoms with Gasteiger partial charge >= 0.3 is 0 Å². The number of carbonyl (C=O) groups excluding carboxylic acids is 4. The van der Waals surface area contributed by atoms with Gasteiger partial charge in [-0.3, -0.25) is 24.1 Å². The largest absolute Gasteiger partial charge is 0.329 e. The van der Waals surface area contributed by atoms with Crippen molar-refractivity contribution in [2.75, 3.05) is 18.4 Å². The molecular formula is C18H22N4O4S. The maximum atomic E-state index is 12.8. The smallest absolute Gasteiger partial charge is 0.248 e. The highest BCUT2D eigenvalue weighted by atomic mass is 32.1. The Balaban J connectivity index is 1.42. The fraction of sp³-hybridized carbons (Fsp3) is 0.611. The first-order chi connectivity index (χ1) is 13.1. The fourth-order valence-electron chi connectivity index (χ4n) is 4.42. The average molecular weight is 390 g/mol. The second-order valence-corrected chi connectivity index (χ2v) is 8.23. The molecule has 1 N–H and O–H groups in total. The van der Waals surface area contributed by atoms with Gasteiger partial charge in [-0.2, -0.15) is 0 Å². The summed E-state index contributed by atoms with van der Waals surface area (Å²) >= 11 is 1.31. The summed E-state index contributed by atoms with van der Waals surface area (Å²) in [6, 6.07) is -0.587. The number of aromatic nitrogens is 1. The maximum absolute atomic E-state index is 12.8. The van der Waals surface area contributed by atoms with Gasteiger partial charge in [0.15, 0.2) is 5.13 Å². The molecular weight excluding hydrogens is 368 g/mol. The van der Waals surface area contributed by atoms with Gasteiger partial charge in [0.1, 0.15) is 12.6 Å². The molecule has 4 rings (SSSR count). The van der Waals surface area contributed by atoms with Crippen LogP contribution in [0.5, 0.6) is 0 Å². The third-order valence-electron chi connectivity index (χ3n) is 5.76. The molecule has 0 spiro atoms. The third kappa shape index (κ3) is 3.36. The molecule has 3 heterocycles. The van der Waals surface area contributed by atoms with E-state index in [4.69, 9.17) is 0 Å². The van der Waals surface area contributed by atoms with Crippen LogP contribution in [0.1, 0.15) is 38.5 Å². The molecule has 2 saturated heterocycles. The fourth-order valence-corrected chi connectivity index (χ4v) is 4.96. The number of hydrogen-bond acceptors (Lipinski definition) is 6. The Labute approximate surface area is 160 Å². The van der Waals surface area contributed by atoms with E-state index in [-0.39, 0.29) is 42.0 Å². The minimum atomic E-state index is -0.587. The normalized spacial score (nSPS) is 27.8. The van der Waals surface area contributed by atoms with Crippen LogP contribution >= 0.6 is 11.3 Å². The molecule has 1 saturated carbocycles. The molecule has 144 valence electrons. The van der Waals surface area contributed by atoms with E-state index in [1.807, 2.05) is 0 Å². The van der Waals surface area contributed by atoms with E-state index in [1.165, 1.54) is 16.2 Å². The summed E-state index contributed by atoms with van der Waals surface area (Å²) in [6.07, 6.45) is 6.23. The Morgan fingerprint density at radius 3 is 2.44 bits per heavy atom. The zero-order chi connectivity index (χ0) is 19.0. The standard InChI is InChI=1S/C18H22N4O4S/c23-14(10-22-16(25)11-4-1-2-5-12(11)17(22)26)21-8-3-6-13(21)15(24)20-18-19-7-9-27-18/h7,9,11-13H,1-6,8,10H2,(H,19,20,24). The molecule has 3 fully saturated rings. The molecule has 3 atom stereocenters. The molecule has 1 aromatic rings. The predicted molar refractivity (Wildman–Crippen MR) is 97.6 cm³/mol. The predicted octanol–water partition coefficient (Wildman–Crippen LogP) is 1.25. The Bertz CT molecular complexity index is 741. The summed E-state index contributed by atoms with van der Waals surface area (Å²) < 4.78 is 0. The van der Waals surface area contributed by atoms with E-state index in [0.29, 0.717) is 18.1 Å². The van der Waals surface area contributed by atoms with Gasteiger partial charge in [-0.15, -0.1) is 11.3 Å². The first-order valence-electron chi connectivity index (χ1n) is 9.41. The van der Waals surface area contributed by atoms with Crippen LogP contribution in [0.3, 0.4) is 0 Å². The minimum absolute atomic E-state index is 0.221. The highest BCUT2D eigenvalue weighted by molar-refractivity contribution is 7.13. The summed E-state index contributed by atoms with van der Waals surface area (Å²) in [4.78, 5) is 57.1. The molecule has 8 nitrogen and oxygen atoms in total. The van der Waals surface area contributed by atoms with Crippen LogP contribution < -0.4 is 5.32 Å². The lowest BCUT2D eigenvalue weighted by Crippen LogP contribution is -2.48. The van der Waals surface area contributed by atoms with Crippen molar-refractivity contribution in [3.05, 3.63) is 11.6 Å². The summed E-state index contributed by atoms with van der Waals surface area (Å²) in [5.41, 5.74) is 0. The van der Waals surface area contributed by atoms with Crippen molar-refractivity contribution in [1.29, 1.82) is 0 Å². The van der Waals surface area contributed by atoms with Gasteiger partial charge in [-0.1, -0.05) is 12.8 Å². The third-order valence-corrected chi connectivity index (χ3v) is 6.45.